The number of hydrogen-bond donors (Lipinski definition) is 0. The summed E-state index contributed by atoms with van der Waals surface area (Å²) in [7, 11) is -2.45. The predicted molar refractivity (Wildman–Crippen MR) is 82.7 cm³/mol. The lowest BCUT2D eigenvalue weighted by atomic mass is 9.84. The van der Waals surface area contributed by atoms with E-state index in [1.165, 1.54) is 4.90 Å². The third kappa shape index (κ3) is 3.52. The number of carbonyl (C=O) groups is 1. The van der Waals surface area contributed by atoms with E-state index in [0.717, 1.165) is 0 Å². The predicted octanol–water partition coefficient (Wildman–Crippen LogP) is 4.31. The second kappa shape index (κ2) is 5.37. The van der Waals surface area contributed by atoms with E-state index in [0.29, 0.717) is 12.8 Å². The molecule has 0 aliphatic carbocycles. The van der Waals surface area contributed by atoms with Gasteiger partial charge in [-0.05, 0) is 53.3 Å². The minimum atomic E-state index is -4.51. The highest BCUT2D eigenvalue weighted by Crippen LogP contribution is 2.55. The van der Waals surface area contributed by atoms with Gasteiger partial charge in [-0.15, -0.1) is 0 Å². The molecule has 3 atom stereocenters. The van der Waals surface area contributed by atoms with Gasteiger partial charge in [-0.3, -0.25) is 4.90 Å². The molecule has 0 aromatic heterocycles. The molecule has 8 heteroatoms. The molecule has 2 bridgehead atoms. The van der Waals surface area contributed by atoms with Crippen LogP contribution in [0.25, 0.3) is 0 Å². The van der Waals surface area contributed by atoms with E-state index in [2.05, 4.69) is 0 Å². The summed E-state index contributed by atoms with van der Waals surface area (Å²) in [5, 5.41) is 0. The molecule has 0 radical (unpaired) electrons. The van der Waals surface area contributed by atoms with Crippen LogP contribution in [0.2, 0.25) is 19.6 Å². The molecule has 2 fully saturated rings. The van der Waals surface area contributed by atoms with Crippen LogP contribution in [-0.2, 0) is 9.16 Å². The number of nitrogens with zero attached hydrogens (tertiary/aromatic N) is 1. The molecule has 0 N–H and O–H groups in total. The molecule has 2 aliphatic heterocycles. The van der Waals surface area contributed by atoms with Crippen molar-refractivity contribution in [1.82, 2.24) is 4.90 Å². The van der Waals surface area contributed by atoms with E-state index in [-0.39, 0.29) is 6.42 Å². The Morgan fingerprint density at radius 2 is 1.74 bits per heavy atom. The topological polar surface area (TPSA) is 38.8 Å². The average Bonchev–Trinajstić information content (AvgIpc) is 2.78. The van der Waals surface area contributed by atoms with Crippen molar-refractivity contribution in [3.63, 3.8) is 0 Å². The molecular formula is C15H26F3NO3Si. The van der Waals surface area contributed by atoms with E-state index in [1.54, 1.807) is 40.4 Å². The summed E-state index contributed by atoms with van der Waals surface area (Å²) in [6.07, 6.45) is -4.50. The highest BCUT2D eigenvalue weighted by molar-refractivity contribution is 6.69. The van der Waals surface area contributed by atoms with Gasteiger partial charge >= 0.3 is 12.3 Å². The van der Waals surface area contributed by atoms with E-state index in [4.69, 9.17) is 9.16 Å². The number of fused-ring (bicyclic) bond motifs is 2. The molecule has 0 saturated carbocycles. The SMILES string of the molecule is CC(C)(C)OC(=O)N1[C@H]2CC[C@@H]1[C@@](O[Si](C)(C)C)(C(F)(F)F)C2. The molecule has 23 heavy (non-hydrogen) atoms. The average molecular weight is 353 g/mol. The zero-order valence-corrected chi connectivity index (χ0v) is 15.6. The first-order valence-electron chi connectivity index (χ1n) is 7.94. The van der Waals surface area contributed by atoms with Crippen LogP contribution in [0.5, 0.6) is 0 Å². The Balaban J connectivity index is 2.33. The van der Waals surface area contributed by atoms with Gasteiger partial charge in [0.25, 0.3) is 0 Å². The van der Waals surface area contributed by atoms with Crippen molar-refractivity contribution in [2.45, 2.75) is 89.1 Å². The maximum absolute atomic E-state index is 13.9. The van der Waals surface area contributed by atoms with E-state index < -0.39 is 43.9 Å². The number of ether oxygens (including phenoxy) is 1. The third-order valence-corrected chi connectivity index (χ3v) is 5.13. The fourth-order valence-corrected chi connectivity index (χ4v) is 5.06. The van der Waals surface area contributed by atoms with E-state index in [9.17, 15) is 18.0 Å². The fourth-order valence-electron chi connectivity index (χ4n) is 3.64. The quantitative estimate of drug-likeness (QED) is 0.694. The van der Waals surface area contributed by atoms with Crippen molar-refractivity contribution in [3.05, 3.63) is 0 Å². The first-order chi connectivity index (χ1) is 10.2. The Kier molecular flexibility index (Phi) is 4.34. The number of alkyl halides is 3. The lowest BCUT2D eigenvalue weighted by Gasteiger charge is -2.42. The molecule has 4 nitrogen and oxygen atoms in total. The van der Waals surface area contributed by atoms with Crippen LogP contribution in [0.1, 0.15) is 40.0 Å². The largest absolute Gasteiger partial charge is 0.444 e. The highest BCUT2D eigenvalue weighted by atomic mass is 28.4. The van der Waals surface area contributed by atoms with Crippen molar-refractivity contribution in [3.8, 4) is 0 Å². The number of hydrogen-bond acceptors (Lipinski definition) is 3. The Morgan fingerprint density at radius 1 is 1.17 bits per heavy atom. The summed E-state index contributed by atoms with van der Waals surface area (Å²) in [5.74, 6) is 0. The summed E-state index contributed by atoms with van der Waals surface area (Å²) in [6.45, 7) is 10.3. The van der Waals surface area contributed by atoms with Crippen LogP contribution >= 0.6 is 0 Å². The summed E-state index contributed by atoms with van der Waals surface area (Å²) in [5.41, 5.74) is -2.99. The van der Waals surface area contributed by atoms with Gasteiger partial charge in [-0.25, -0.2) is 4.79 Å². The van der Waals surface area contributed by atoms with Crippen LogP contribution in [0.3, 0.4) is 0 Å². The molecule has 0 aromatic rings. The van der Waals surface area contributed by atoms with Gasteiger partial charge in [0.15, 0.2) is 13.9 Å². The van der Waals surface area contributed by atoms with Crippen molar-refractivity contribution in [2.75, 3.05) is 0 Å². The van der Waals surface area contributed by atoms with Crippen molar-refractivity contribution in [1.29, 1.82) is 0 Å². The zero-order valence-electron chi connectivity index (χ0n) is 14.6. The number of carbonyl (C=O) groups excluding carboxylic acids is 1. The molecular weight excluding hydrogens is 327 g/mol. The highest BCUT2D eigenvalue weighted by Gasteiger charge is 2.71. The zero-order chi connectivity index (χ0) is 17.8. The van der Waals surface area contributed by atoms with Gasteiger partial charge in [0.05, 0.1) is 6.04 Å². The van der Waals surface area contributed by atoms with E-state index in [1.807, 2.05) is 0 Å². The van der Waals surface area contributed by atoms with Gasteiger partial charge in [-0.1, -0.05) is 0 Å². The lowest BCUT2D eigenvalue weighted by Crippen LogP contribution is -2.60. The molecule has 1 amide bonds. The van der Waals surface area contributed by atoms with Crippen molar-refractivity contribution < 1.29 is 27.1 Å². The Hall–Kier alpha value is -0.763. The normalized spacial score (nSPS) is 31.6. The molecule has 2 aliphatic rings. The molecule has 0 spiro atoms. The molecule has 2 rings (SSSR count). The van der Waals surface area contributed by atoms with Crippen LogP contribution in [0.15, 0.2) is 0 Å². The summed E-state index contributed by atoms with van der Waals surface area (Å²) < 4.78 is 52.7. The third-order valence-electron chi connectivity index (χ3n) is 4.15. The van der Waals surface area contributed by atoms with Crippen LogP contribution < -0.4 is 0 Å². The monoisotopic (exact) mass is 353 g/mol. The molecule has 2 saturated heterocycles. The lowest BCUT2D eigenvalue weighted by molar-refractivity contribution is -0.260. The second-order valence-electron chi connectivity index (χ2n) is 8.44. The van der Waals surface area contributed by atoms with Gasteiger partial charge < -0.3 is 9.16 Å². The fraction of sp³-hybridized carbons (Fsp3) is 0.933. The number of rotatable bonds is 2. The van der Waals surface area contributed by atoms with Gasteiger partial charge in [0, 0.05) is 12.5 Å². The maximum Gasteiger partial charge on any atom is 0.418 e. The van der Waals surface area contributed by atoms with Crippen molar-refractivity contribution in [2.24, 2.45) is 0 Å². The molecule has 2 heterocycles. The van der Waals surface area contributed by atoms with Crippen LogP contribution in [0, 0.1) is 0 Å². The number of halogens is 3. The van der Waals surface area contributed by atoms with Crippen LogP contribution in [-0.4, -0.2) is 48.8 Å². The standard InChI is InChI=1S/C15H26F3NO3Si/c1-13(2,3)21-12(20)19-10-7-8-11(19)14(9-10,15(16,17)18)22-23(4,5)6/h10-11H,7-9H2,1-6H3/t10-,11+,14+/m0/s1. The van der Waals surface area contributed by atoms with Crippen molar-refractivity contribution >= 4 is 14.4 Å². The minimum Gasteiger partial charge on any atom is -0.444 e. The Morgan fingerprint density at radius 3 is 2.17 bits per heavy atom. The van der Waals surface area contributed by atoms with Gasteiger partial charge in [0.1, 0.15) is 5.60 Å². The van der Waals surface area contributed by atoms with Gasteiger partial charge in [-0.2, -0.15) is 13.2 Å². The molecule has 0 unspecified atom stereocenters. The van der Waals surface area contributed by atoms with Gasteiger partial charge in [0.2, 0.25) is 0 Å². The summed E-state index contributed by atoms with van der Waals surface area (Å²) in [4.78, 5) is 13.7. The summed E-state index contributed by atoms with van der Waals surface area (Å²) in [6, 6.07) is -1.46. The Bertz CT molecular complexity index is 484. The first kappa shape index (κ1) is 18.6. The second-order valence-corrected chi connectivity index (χ2v) is 12.9. The number of amides is 1. The first-order valence-corrected chi connectivity index (χ1v) is 11.4. The Labute approximate surface area is 136 Å². The molecule has 0 aromatic carbocycles. The smallest absolute Gasteiger partial charge is 0.418 e. The minimum absolute atomic E-state index is 0.190. The maximum atomic E-state index is 13.9. The van der Waals surface area contributed by atoms with Crippen LogP contribution in [0.4, 0.5) is 18.0 Å². The summed E-state index contributed by atoms with van der Waals surface area (Å²) >= 11 is 0. The molecule has 134 valence electrons. The van der Waals surface area contributed by atoms with E-state index >= 15 is 0 Å².